The Balaban J connectivity index is 3.12. The van der Waals surface area contributed by atoms with Crippen LogP contribution in [0.4, 0.5) is 0 Å². The summed E-state index contributed by atoms with van der Waals surface area (Å²) in [5.41, 5.74) is 0. The van der Waals surface area contributed by atoms with Crippen molar-refractivity contribution in [1.29, 1.82) is 0 Å². The number of hydrogen-bond acceptors (Lipinski definition) is 8. The van der Waals surface area contributed by atoms with Crippen molar-refractivity contribution in [2.24, 2.45) is 0 Å². The van der Waals surface area contributed by atoms with Gasteiger partial charge in [0.25, 0.3) is 0 Å². The summed E-state index contributed by atoms with van der Waals surface area (Å²) in [5, 5.41) is 0. The minimum absolute atomic E-state index is 0.251. The maximum atomic E-state index is 11.9. The summed E-state index contributed by atoms with van der Waals surface area (Å²) in [4.78, 5) is 47.5. The molecule has 44 heavy (non-hydrogen) atoms. The minimum Gasteiger partial charge on any atom is -0.391 e. The van der Waals surface area contributed by atoms with Crippen LogP contribution < -0.4 is 0 Å². The van der Waals surface area contributed by atoms with Crippen molar-refractivity contribution in [3.05, 3.63) is 0 Å². The largest absolute Gasteiger partial charge is 0.483 e. The van der Waals surface area contributed by atoms with Crippen LogP contribution in [0.5, 0.6) is 0 Å². The van der Waals surface area contributed by atoms with Gasteiger partial charge in [-0.1, -0.05) is 156 Å². The van der Waals surface area contributed by atoms with Crippen molar-refractivity contribution in [3.8, 4) is 0 Å². The molecule has 0 radical (unpaired) electrons. The standard InChI is InChI=1S/C32H72O8Si4/c1-5-9-13-17-21-25-29-41(33)37-42(34,30-26-22-18-14-10-6-2)39-44(36,32-28-24-20-16-12-8-4)40-43(35,38-41)31-27-23-19-15-11-7-3/h33-36H,5-32H2,1-4H3. The van der Waals surface area contributed by atoms with E-state index < -0.39 is 35.2 Å². The molecular weight excluding hydrogens is 625 g/mol. The Hall–Kier alpha value is 0.548. The monoisotopic (exact) mass is 696 g/mol. The molecule has 0 aromatic carbocycles. The Morgan fingerprint density at radius 2 is 0.432 bits per heavy atom. The quantitative estimate of drug-likeness (QED) is 0.0473. The molecule has 1 rings (SSSR count). The molecular formula is C32H72O8Si4. The van der Waals surface area contributed by atoms with Gasteiger partial charge in [0.2, 0.25) is 0 Å². The molecule has 1 fully saturated rings. The van der Waals surface area contributed by atoms with Crippen LogP contribution in [0, 0.1) is 0 Å². The van der Waals surface area contributed by atoms with Crippen molar-refractivity contribution in [2.75, 3.05) is 0 Å². The van der Waals surface area contributed by atoms with Gasteiger partial charge in [0.1, 0.15) is 0 Å². The number of unbranched alkanes of at least 4 members (excludes halogenated alkanes) is 20. The van der Waals surface area contributed by atoms with Gasteiger partial charge in [-0.2, -0.15) is 0 Å². The van der Waals surface area contributed by atoms with E-state index in [0.29, 0.717) is 25.7 Å². The van der Waals surface area contributed by atoms with E-state index in [9.17, 15) is 19.2 Å². The Kier molecular flexibility index (Phi) is 23.9. The maximum Gasteiger partial charge on any atom is 0.483 e. The summed E-state index contributed by atoms with van der Waals surface area (Å²) < 4.78 is 25.0. The van der Waals surface area contributed by atoms with Crippen LogP contribution in [0.25, 0.3) is 0 Å². The van der Waals surface area contributed by atoms with Crippen LogP contribution in [0.15, 0.2) is 0 Å². The summed E-state index contributed by atoms with van der Waals surface area (Å²) in [6, 6.07) is 1.00. The average Bonchev–Trinajstić information content (AvgIpc) is 2.95. The van der Waals surface area contributed by atoms with Crippen molar-refractivity contribution in [1.82, 2.24) is 0 Å². The predicted octanol–water partition coefficient (Wildman–Crippen LogP) is 9.23. The van der Waals surface area contributed by atoms with Gasteiger partial charge in [0.15, 0.2) is 0 Å². The average molecular weight is 697 g/mol. The van der Waals surface area contributed by atoms with Gasteiger partial charge in [-0.3, -0.25) is 0 Å². The van der Waals surface area contributed by atoms with Crippen LogP contribution >= 0.6 is 0 Å². The molecule has 0 aromatic rings. The maximum absolute atomic E-state index is 11.9. The lowest BCUT2D eigenvalue weighted by molar-refractivity contribution is 0.0659. The van der Waals surface area contributed by atoms with Crippen LogP contribution in [0.3, 0.4) is 0 Å². The van der Waals surface area contributed by atoms with Gasteiger partial charge >= 0.3 is 35.2 Å². The van der Waals surface area contributed by atoms with Crippen LogP contribution in [0.1, 0.15) is 182 Å². The minimum atomic E-state index is -4.05. The van der Waals surface area contributed by atoms with E-state index in [1.165, 1.54) is 51.4 Å². The molecule has 0 aromatic heterocycles. The highest BCUT2D eigenvalue weighted by molar-refractivity contribution is 6.87. The van der Waals surface area contributed by atoms with Crippen molar-refractivity contribution in [2.45, 2.75) is 206 Å². The molecule has 0 saturated carbocycles. The zero-order valence-corrected chi connectivity index (χ0v) is 33.2. The highest BCUT2D eigenvalue weighted by Gasteiger charge is 2.63. The molecule has 1 heterocycles. The van der Waals surface area contributed by atoms with Gasteiger partial charge < -0.3 is 35.6 Å². The summed E-state index contributed by atoms with van der Waals surface area (Å²) in [6.45, 7) is 8.75. The molecule has 0 spiro atoms. The lowest BCUT2D eigenvalue weighted by Crippen LogP contribution is -2.71. The third-order valence-corrected chi connectivity index (χ3v) is 22.8. The summed E-state index contributed by atoms with van der Waals surface area (Å²) >= 11 is 0. The smallest absolute Gasteiger partial charge is 0.391 e. The van der Waals surface area contributed by atoms with Gasteiger partial charge in [0.05, 0.1) is 0 Å². The molecule has 0 atom stereocenters. The molecule has 264 valence electrons. The SMILES string of the molecule is CCCCCCCC[Si]1(O)O[Si](O)(CCCCCCCC)O[Si](O)(CCCCCCCC)O[Si](O)(CCCCCCCC)O1. The lowest BCUT2D eigenvalue weighted by Gasteiger charge is -2.45. The van der Waals surface area contributed by atoms with Gasteiger partial charge in [0, 0.05) is 24.2 Å². The summed E-state index contributed by atoms with van der Waals surface area (Å²) in [5.74, 6) is 0. The molecule has 1 aliphatic rings. The Labute approximate surface area is 276 Å². The Morgan fingerprint density at radius 3 is 0.614 bits per heavy atom. The second-order valence-electron chi connectivity index (χ2n) is 13.3. The highest BCUT2D eigenvalue weighted by Crippen LogP contribution is 2.36. The molecule has 1 aliphatic heterocycles. The van der Waals surface area contributed by atoms with Crippen molar-refractivity contribution < 1.29 is 35.6 Å². The van der Waals surface area contributed by atoms with E-state index >= 15 is 0 Å². The van der Waals surface area contributed by atoms with E-state index in [-0.39, 0.29) is 24.2 Å². The van der Waals surface area contributed by atoms with E-state index in [4.69, 9.17) is 16.5 Å². The third kappa shape index (κ3) is 20.0. The third-order valence-electron chi connectivity index (χ3n) is 8.66. The second kappa shape index (κ2) is 24.7. The Morgan fingerprint density at radius 1 is 0.273 bits per heavy atom. The first-order chi connectivity index (χ1) is 21.1. The number of hydrogen-bond donors (Lipinski definition) is 4. The van der Waals surface area contributed by atoms with Gasteiger partial charge in [-0.25, -0.2) is 0 Å². The van der Waals surface area contributed by atoms with Crippen LogP contribution in [0.2, 0.25) is 24.2 Å². The van der Waals surface area contributed by atoms with Gasteiger partial charge in [-0.15, -0.1) is 0 Å². The summed E-state index contributed by atoms with van der Waals surface area (Å²) in [7, 11) is -16.2. The molecule has 0 unspecified atom stereocenters. The molecule has 0 bridgehead atoms. The van der Waals surface area contributed by atoms with E-state index in [1.54, 1.807) is 0 Å². The molecule has 4 N–H and O–H groups in total. The van der Waals surface area contributed by atoms with E-state index in [2.05, 4.69) is 27.7 Å². The fourth-order valence-corrected chi connectivity index (χ4v) is 22.2. The van der Waals surface area contributed by atoms with Crippen LogP contribution in [-0.2, 0) is 16.5 Å². The molecule has 12 heteroatoms. The lowest BCUT2D eigenvalue weighted by atomic mass is 10.1. The fraction of sp³-hybridized carbons (Fsp3) is 1.00. The highest BCUT2D eigenvalue weighted by atomic mass is 28.5. The summed E-state index contributed by atoms with van der Waals surface area (Å²) in [6.07, 6.45) is 24.7. The zero-order valence-electron chi connectivity index (χ0n) is 29.2. The molecule has 1 saturated heterocycles. The molecule has 8 nitrogen and oxygen atoms in total. The normalized spacial score (nSPS) is 27.8. The Bertz CT molecular complexity index is 571. The fourth-order valence-electron chi connectivity index (χ4n) is 6.00. The first kappa shape index (κ1) is 42.6. The zero-order chi connectivity index (χ0) is 32.6. The topological polar surface area (TPSA) is 118 Å². The van der Waals surface area contributed by atoms with E-state index in [0.717, 1.165) is 77.0 Å². The van der Waals surface area contributed by atoms with Crippen LogP contribution in [-0.4, -0.2) is 54.4 Å². The first-order valence-corrected chi connectivity index (χ1v) is 26.7. The van der Waals surface area contributed by atoms with E-state index in [1.807, 2.05) is 0 Å². The van der Waals surface area contributed by atoms with Crippen molar-refractivity contribution >= 4 is 35.2 Å². The number of rotatable bonds is 28. The molecule has 0 aliphatic carbocycles. The first-order valence-electron chi connectivity index (χ1n) is 18.8. The second-order valence-corrected chi connectivity index (χ2v) is 24.3. The van der Waals surface area contributed by atoms with Crippen molar-refractivity contribution in [3.63, 3.8) is 0 Å². The molecule has 0 amide bonds. The van der Waals surface area contributed by atoms with Gasteiger partial charge in [-0.05, 0) is 25.7 Å². The predicted molar refractivity (Wildman–Crippen MR) is 189 cm³/mol.